The molecular weight excluding hydrogens is 176 g/mol. The van der Waals surface area contributed by atoms with E-state index in [0.29, 0.717) is 12.6 Å². The summed E-state index contributed by atoms with van der Waals surface area (Å²) in [5.74, 6) is 0.274. The molecule has 0 radical (unpaired) electrons. The Hall–Kier alpha value is -0.830. The zero-order valence-electron chi connectivity index (χ0n) is 9.07. The molecule has 0 bridgehead atoms. The van der Waals surface area contributed by atoms with E-state index in [9.17, 15) is 4.79 Å². The number of hydrogen-bond donors (Lipinski definition) is 1. The number of nitrogens with zero attached hydrogens (tertiary/aromatic N) is 1. The van der Waals surface area contributed by atoms with Crippen LogP contribution in [0.25, 0.3) is 0 Å². The van der Waals surface area contributed by atoms with Crippen molar-refractivity contribution in [3.05, 3.63) is 12.7 Å². The number of amides is 1. The fraction of sp³-hybridized carbons (Fsp3) is 0.727. The Balaban J connectivity index is 2.57. The Kier molecular flexibility index (Phi) is 3.69. The largest absolute Gasteiger partial charge is 0.335 e. The van der Waals surface area contributed by atoms with Crippen LogP contribution in [-0.2, 0) is 4.79 Å². The lowest BCUT2D eigenvalue weighted by Gasteiger charge is -2.26. The zero-order valence-corrected chi connectivity index (χ0v) is 9.07. The highest BCUT2D eigenvalue weighted by molar-refractivity contribution is 5.82. The molecule has 14 heavy (non-hydrogen) atoms. The van der Waals surface area contributed by atoms with Crippen LogP contribution in [0, 0.1) is 5.92 Å². The van der Waals surface area contributed by atoms with E-state index < -0.39 is 0 Å². The van der Waals surface area contributed by atoms with E-state index in [-0.39, 0.29) is 17.9 Å². The first-order valence-corrected chi connectivity index (χ1v) is 5.25. The molecule has 80 valence electrons. The monoisotopic (exact) mass is 196 g/mol. The van der Waals surface area contributed by atoms with Gasteiger partial charge in [0.25, 0.3) is 0 Å². The molecule has 1 unspecified atom stereocenters. The third-order valence-corrected chi connectivity index (χ3v) is 2.60. The van der Waals surface area contributed by atoms with E-state index in [1.165, 1.54) is 0 Å². The van der Waals surface area contributed by atoms with Crippen LogP contribution in [0.4, 0.5) is 0 Å². The third-order valence-electron chi connectivity index (χ3n) is 2.60. The van der Waals surface area contributed by atoms with Crippen molar-refractivity contribution < 1.29 is 4.79 Å². The Morgan fingerprint density at radius 1 is 1.64 bits per heavy atom. The fourth-order valence-electron chi connectivity index (χ4n) is 1.42. The van der Waals surface area contributed by atoms with Crippen LogP contribution in [0.5, 0.6) is 0 Å². The van der Waals surface area contributed by atoms with Gasteiger partial charge in [-0.05, 0) is 18.8 Å². The molecule has 1 atom stereocenters. The van der Waals surface area contributed by atoms with Crippen LogP contribution in [0.2, 0.25) is 0 Å². The van der Waals surface area contributed by atoms with Crippen LogP contribution >= 0.6 is 0 Å². The summed E-state index contributed by atoms with van der Waals surface area (Å²) in [7, 11) is 0. The number of rotatable bonds is 5. The highest BCUT2D eigenvalue weighted by Crippen LogP contribution is 2.27. The van der Waals surface area contributed by atoms with Gasteiger partial charge in [-0.15, -0.1) is 6.58 Å². The third kappa shape index (κ3) is 2.58. The topological polar surface area (TPSA) is 46.3 Å². The van der Waals surface area contributed by atoms with Gasteiger partial charge in [-0.3, -0.25) is 4.79 Å². The molecule has 1 rings (SSSR count). The number of carbonyl (C=O) groups is 1. The molecule has 1 aliphatic rings. The summed E-state index contributed by atoms with van der Waals surface area (Å²) in [4.78, 5) is 13.8. The van der Waals surface area contributed by atoms with Crippen LogP contribution in [0.3, 0.4) is 0 Å². The van der Waals surface area contributed by atoms with Crippen molar-refractivity contribution in [2.75, 3.05) is 6.54 Å². The molecule has 0 saturated heterocycles. The molecule has 3 nitrogen and oxygen atoms in total. The van der Waals surface area contributed by atoms with Crippen LogP contribution in [-0.4, -0.2) is 29.4 Å². The van der Waals surface area contributed by atoms with E-state index in [0.717, 1.165) is 12.8 Å². The van der Waals surface area contributed by atoms with E-state index in [2.05, 4.69) is 6.58 Å². The predicted molar refractivity (Wildman–Crippen MR) is 57.7 cm³/mol. The van der Waals surface area contributed by atoms with Gasteiger partial charge in [-0.1, -0.05) is 19.9 Å². The maximum absolute atomic E-state index is 11.9. The van der Waals surface area contributed by atoms with Crippen LogP contribution < -0.4 is 5.73 Å². The summed E-state index contributed by atoms with van der Waals surface area (Å²) < 4.78 is 0. The van der Waals surface area contributed by atoms with E-state index in [4.69, 9.17) is 5.73 Å². The summed E-state index contributed by atoms with van der Waals surface area (Å²) in [6.07, 6.45) is 4.00. The maximum atomic E-state index is 11.9. The maximum Gasteiger partial charge on any atom is 0.240 e. The van der Waals surface area contributed by atoms with Gasteiger partial charge < -0.3 is 10.6 Å². The quantitative estimate of drug-likeness (QED) is 0.670. The van der Waals surface area contributed by atoms with E-state index in [1.54, 1.807) is 6.08 Å². The summed E-state index contributed by atoms with van der Waals surface area (Å²) in [6, 6.07) is 0.0563. The minimum Gasteiger partial charge on any atom is -0.335 e. The van der Waals surface area contributed by atoms with Gasteiger partial charge in [0, 0.05) is 12.6 Å². The Labute approximate surface area is 86.0 Å². The molecule has 2 N–H and O–H groups in total. The minimum absolute atomic E-state index is 0.0717. The molecule has 1 aliphatic carbocycles. The van der Waals surface area contributed by atoms with Gasteiger partial charge in [0.2, 0.25) is 5.91 Å². The van der Waals surface area contributed by atoms with Gasteiger partial charge in [0.05, 0.1) is 6.04 Å². The van der Waals surface area contributed by atoms with Crippen LogP contribution in [0.1, 0.15) is 26.7 Å². The molecule has 3 heteroatoms. The molecule has 1 amide bonds. The van der Waals surface area contributed by atoms with Gasteiger partial charge in [-0.25, -0.2) is 0 Å². The first-order chi connectivity index (χ1) is 6.57. The van der Waals surface area contributed by atoms with Crippen molar-refractivity contribution in [1.82, 2.24) is 4.90 Å². The molecule has 0 aromatic rings. The Morgan fingerprint density at radius 3 is 2.57 bits per heavy atom. The first-order valence-electron chi connectivity index (χ1n) is 5.25. The van der Waals surface area contributed by atoms with Gasteiger partial charge in [0.1, 0.15) is 0 Å². The lowest BCUT2D eigenvalue weighted by Crippen LogP contribution is -2.47. The average Bonchev–Trinajstić information content (AvgIpc) is 2.95. The molecule has 1 fully saturated rings. The average molecular weight is 196 g/mol. The van der Waals surface area contributed by atoms with Gasteiger partial charge in [0.15, 0.2) is 0 Å². The van der Waals surface area contributed by atoms with Crippen molar-refractivity contribution in [3.63, 3.8) is 0 Å². The van der Waals surface area contributed by atoms with Crippen molar-refractivity contribution in [2.45, 2.75) is 38.8 Å². The second kappa shape index (κ2) is 4.60. The molecule has 0 aliphatic heterocycles. The number of carbonyl (C=O) groups excluding carboxylic acids is 1. The highest BCUT2D eigenvalue weighted by atomic mass is 16.2. The normalized spacial score (nSPS) is 18.0. The Morgan fingerprint density at radius 2 is 2.21 bits per heavy atom. The number of hydrogen-bond acceptors (Lipinski definition) is 2. The summed E-state index contributed by atoms with van der Waals surface area (Å²) in [5.41, 5.74) is 5.83. The van der Waals surface area contributed by atoms with Gasteiger partial charge >= 0.3 is 0 Å². The molecule has 0 aromatic heterocycles. The fourth-order valence-corrected chi connectivity index (χ4v) is 1.42. The summed E-state index contributed by atoms with van der Waals surface area (Å²) >= 11 is 0. The highest BCUT2D eigenvalue weighted by Gasteiger charge is 2.34. The minimum atomic E-state index is -0.365. The van der Waals surface area contributed by atoms with Crippen LogP contribution in [0.15, 0.2) is 12.7 Å². The van der Waals surface area contributed by atoms with E-state index in [1.807, 2.05) is 18.7 Å². The zero-order chi connectivity index (χ0) is 10.7. The second-order valence-electron chi connectivity index (χ2n) is 4.28. The first kappa shape index (κ1) is 11.2. The predicted octanol–water partition coefficient (Wildman–Crippen LogP) is 1.15. The lowest BCUT2D eigenvalue weighted by molar-refractivity contribution is -0.133. The SMILES string of the molecule is C=CCN(C(=O)C(N)C(C)C)C1CC1. The molecule has 1 saturated carbocycles. The molecular formula is C11H20N2O. The molecule has 0 aromatic carbocycles. The molecule has 0 heterocycles. The summed E-state index contributed by atoms with van der Waals surface area (Å²) in [5, 5.41) is 0. The van der Waals surface area contributed by atoms with Crippen molar-refractivity contribution >= 4 is 5.91 Å². The summed E-state index contributed by atoms with van der Waals surface area (Å²) in [6.45, 7) is 8.24. The Bertz CT molecular complexity index is 221. The lowest BCUT2D eigenvalue weighted by atomic mass is 10.0. The standard InChI is InChI=1S/C11H20N2O/c1-4-7-13(9-5-6-9)11(14)10(12)8(2)3/h4,8-10H,1,5-7,12H2,2-3H3. The van der Waals surface area contributed by atoms with Gasteiger partial charge in [-0.2, -0.15) is 0 Å². The number of nitrogens with two attached hydrogens (primary N) is 1. The van der Waals surface area contributed by atoms with Crippen molar-refractivity contribution in [2.24, 2.45) is 11.7 Å². The smallest absolute Gasteiger partial charge is 0.240 e. The second-order valence-corrected chi connectivity index (χ2v) is 4.28. The van der Waals surface area contributed by atoms with Crippen molar-refractivity contribution in [1.29, 1.82) is 0 Å². The van der Waals surface area contributed by atoms with Crippen molar-refractivity contribution in [3.8, 4) is 0 Å². The van der Waals surface area contributed by atoms with E-state index >= 15 is 0 Å². The molecule has 0 spiro atoms.